The van der Waals surface area contributed by atoms with Gasteiger partial charge in [-0.05, 0) is 42.5 Å². The van der Waals surface area contributed by atoms with Gasteiger partial charge in [0.2, 0.25) is 5.91 Å². The van der Waals surface area contributed by atoms with Crippen molar-refractivity contribution < 1.29 is 17.9 Å². The number of hydrogen-bond acceptors (Lipinski definition) is 8. The zero-order valence-corrected chi connectivity index (χ0v) is 23.2. The third kappa shape index (κ3) is 7.79. The van der Waals surface area contributed by atoms with Crippen molar-refractivity contribution in [2.75, 3.05) is 56.3 Å². The Kier molecular flexibility index (Phi) is 10.2. The second-order valence-electron chi connectivity index (χ2n) is 7.95. The van der Waals surface area contributed by atoms with E-state index in [1.54, 1.807) is 34.9 Å². The van der Waals surface area contributed by atoms with Gasteiger partial charge in [-0.15, -0.1) is 24.2 Å². The zero-order chi connectivity index (χ0) is 24.1. The molecule has 0 bridgehead atoms. The normalized spacial score (nSPS) is 14.6. The van der Waals surface area contributed by atoms with E-state index in [0.29, 0.717) is 47.6 Å². The molecule has 1 aromatic heterocycles. The van der Waals surface area contributed by atoms with E-state index in [1.165, 1.54) is 17.6 Å². The number of hydrogen-bond donors (Lipinski definition) is 0. The fraction of sp³-hybridized carbons (Fsp3) is 0.391. The van der Waals surface area contributed by atoms with E-state index in [0.717, 1.165) is 29.2 Å². The lowest BCUT2D eigenvalue weighted by molar-refractivity contribution is -0.118. The third-order valence-electron chi connectivity index (χ3n) is 5.45. The maximum atomic E-state index is 13.3. The van der Waals surface area contributed by atoms with Crippen LogP contribution in [0.5, 0.6) is 0 Å². The van der Waals surface area contributed by atoms with Crippen LogP contribution in [0.4, 0.5) is 5.13 Å². The van der Waals surface area contributed by atoms with Crippen molar-refractivity contribution >= 4 is 78.2 Å². The summed E-state index contributed by atoms with van der Waals surface area (Å²) in [6.07, 6.45) is 1.55. The summed E-state index contributed by atoms with van der Waals surface area (Å²) < 4.78 is 30.1. The standard InChI is InChI=1S/C23H26ClN3O4S3.ClH/c1-34(29,30)19-6-7-20-21(16-19)33-23(25-20)27(10-9-26-11-13-31-14-12-26)22(28)8-15-32-18-4-2-17(24)3-5-18;/h2-7,16H,8-15H2,1H3;1H. The van der Waals surface area contributed by atoms with Gasteiger partial charge in [0.05, 0.1) is 28.3 Å². The number of ether oxygens (including phenoxy) is 1. The number of carbonyl (C=O) groups is 1. The van der Waals surface area contributed by atoms with Crippen LogP contribution in [0.2, 0.25) is 5.02 Å². The number of benzene rings is 2. The van der Waals surface area contributed by atoms with Crippen LogP contribution in [0.1, 0.15) is 6.42 Å². The number of morpholine rings is 1. The molecule has 7 nitrogen and oxygen atoms in total. The summed E-state index contributed by atoms with van der Waals surface area (Å²) in [4.78, 5) is 23.3. The minimum atomic E-state index is -3.32. The van der Waals surface area contributed by atoms with Gasteiger partial charge in [-0.2, -0.15) is 0 Å². The van der Waals surface area contributed by atoms with Crippen LogP contribution in [0, 0.1) is 0 Å². The van der Waals surface area contributed by atoms with Crippen LogP contribution < -0.4 is 4.90 Å². The molecule has 3 aromatic rings. The van der Waals surface area contributed by atoms with Gasteiger partial charge < -0.3 is 4.74 Å². The molecule has 0 spiro atoms. The van der Waals surface area contributed by atoms with Gasteiger partial charge in [0.25, 0.3) is 0 Å². The fourth-order valence-corrected chi connectivity index (χ4v) is 6.29. The number of sulfone groups is 1. The first-order valence-electron chi connectivity index (χ1n) is 10.9. The van der Waals surface area contributed by atoms with E-state index < -0.39 is 9.84 Å². The van der Waals surface area contributed by atoms with Gasteiger partial charge >= 0.3 is 0 Å². The Morgan fingerprint density at radius 3 is 2.60 bits per heavy atom. The molecule has 1 amide bonds. The summed E-state index contributed by atoms with van der Waals surface area (Å²) in [5.41, 5.74) is 0.687. The lowest BCUT2D eigenvalue weighted by Gasteiger charge is -2.29. The Bertz CT molecular complexity index is 1250. The van der Waals surface area contributed by atoms with E-state index in [-0.39, 0.29) is 23.2 Å². The maximum absolute atomic E-state index is 13.3. The molecule has 35 heavy (non-hydrogen) atoms. The van der Waals surface area contributed by atoms with Crippen LogP contribution in [0.3, 0.4) is 0 Å². The van der Waals surface area contributed by atoms with E-state index in [9.17, 15) is 13.2 Å². The number of carbonyl (C=O) groups excluding carboxylic acids is 1. The molecular weight excluding hydrogens is 549 g/mol. The van der Waals surface area contributed by atoms with E-state index >= 15 is 0 Å². The first-order valence-corrected chi connectivity index (χ1v) is 15.0. The molecule has 1 aliphatic rings. The van der Waals surface area contributed by atoms with Gasteiger partial charge in [-0.3, -0.25) is 14.6 Å². The average molecular weight is 577 g/mol. The number of amides is 1. The molecule has 0 N–H and O–H groups in total. The van der Waals surface area contributed by atoms with Crippen LogP contribution in [-0.2, 0) is 19.4 Å². The molecule has 12 heteroatoms. The molecule has 1 fully saturated rings. The van der Waals surface area contributed by atoms with Crippen molar-refractivity contribution in [3.63, 3.8) is 0 Å². The highest BCUT2D eigenvalue weighted by Crippen LogP contribution is 2.31. The third-order valence-corrected chi connectivity index (χ3v) is 8.87. The van der Waals surface area contributed by atoms with Crippen LogP contribution in [0.15, 0.2) is 52.3 Å². The SMILES string of the molecule is CS(=O)(=O)c1ccc2nc(N(CCN3CCOCC3)C(=O)CCSc3ccc(Cl)cc3)sc2c1.Cl. The highest BCUT2D eigenvalue weighted by molar-refractivity contribution is 7.99. The predicted octanol–water partition coefficient (Wildman–Crippen LogP) is 4.62. The summed E-state index contributed by atoms with van der Waals surface area (Å²) in [5.74, 6) is 0.634. The lowest BCUT2D eigenvalue weighted by atomic mass is 10.3. The number of fused-ring (bicyclic) bond motifs is 1. The Hall–Kier alpha value is -1.40. The fourth-order valence-electron chi connectivity index (χ4n) is 3.55. The van der Waals surface area contributed by atoms with Gasteiger partial charge in [0.15, 0.2) is 15.0 Å². The summed E-state index contributed by atoms with van der Waals surface area (Å²) in [6, 6.07) is 12.5. The van der Waals surface area contributed by atoms with Crippen LogP contribution in [0.25, 0.3) is 10.2 Å². The van der Waals surface area contributed by atoms with E-state index in [4.69, 9.17) is 16.3 Å². The first kappa shape index (κ1) is 28.2. The zero-order valence-electron chi connectivity index (χ0n) is 19.2. The van der Waals surface area contributed by atoms with Gasteiger partial charge in [-0.25, -0.2) is 13.4 Å². The number of thiazole rings is 1. The van der Waals surface area contributed by atoms with Crippen molar-refractivity contribution in [2.24, 2.45) is 0 Å². The average Bonchev–Trinajstić information content (AvgIpc) is 3.24. The van der Waals surface area contributed by atoms with E-state index in [2.05, 4.69) is 9.88 Å². The minimum absolute atomic E-state index is 0. The molecule has 1 saturated heterocycles. The van der Waals surface area contributed by atoms with Crippen molar-refractivity contribution in [3.8, 4) is 0 Å². The Morgan fingerprint density at radius 2 is 1.91 bits per heavy atom. The Morgan fingerprint density at radius 1 is 1.20 bits per heavy atom. The molecule has 0 radical (unpaired) electrons. The molecule has 1 aliphatic heterocycles. The summed E-state index contributed by atoms with van der Waals surface area (Å²) >= 11 is 8.91. The van der Waals surface area contributed by atoms with Gasteiger partial charge in [0.1, 0.15) is 0 Å². The minimum Gasteiger partial charge on any atom is -0.379 e. The summed E-state index contributed by atoms with van der Waals surface area (Å²) in [6.45, 7) is 4.31. The molecule has 4 rings (SSSR count). The number of aromatic nitrogens is 1. The second-order valence-corrected chi connectivity index (χ2v) is 12.6. The maximum Gasteiger partial charge on any atom is 0.229 e. The quantitative estimate of drug-likeness (QED) is 0.344. The lowest BCUT2D eigenvalue weighted by Crippen LogP contribution is -2.43. The first-order chi connectivity index (χ1) is 16.3. The number of thioether (sulfide) groups is 1. The molecule has 2 aromatic carbocycles. The highest BCUT2D eigenvalue weighted by Gasteiger charge is 2.22. The van der Waals surface area contributed by atoms with Crippen molar-refractivity contribution in [3.05, 3.63) is 47.5 Å². The topological polar surface area (TPSA) is 79.8 Å². The molecular formula is C23H27Cl2N3O4S3. The highest BCUT2D eigenvalue weighted by atomic mass is 35.5. The van der Waals surface area contributed by atoms with Gasteiger partial charge in [0, 0.05) is 54.5 Å². The molecule has 0 unspecified atom stereocenters. The van der Waals surface area contributed by atoms with Crippen molar-refractivity contribution in [2.45, 2.75) is 16.2 Å². The molecule has 0 aliphatic carbocycles. The number of halogens is 2. The number of rotatable bonds is 9. The van der Waals surface area contributed by atoms with Crippen LogP contribution in [-0.4, -0.2) is 75.6 Å². The van der Waals surface area contributed by atoms with E-state index in [1.807, 2.05) is 24.3 Å². The Labute approximate surface area is 225 Å². The molecule has 190 valence electrons. The monoisotopic (exact) mass is 575 g/mol. The summed E-state index contributed by atoms with van der Waals surface area (Å²) in [7, 11) is -3.32. The van der Waals surface area contributed by atoms with Gasteiger partial charge in [-0.1, -0.05) is 22.9 Å². The molecule has 0 atom stereocenters. The molecule has 2 heterocycles. The van der Waals surface area contributed by atoms with Crippen LogP contribution >= 0.6 is 47.1 Å². The Balaban J connectivity index is 0.00000342. The molecule has 0 saturated carbocycles. The number of nitrogens with zero attached hydrogens (tertiary/aromatic N) is 3. The summed E-state index contributed by atoms with van der Waals surface area (Å²) in [5, 5.41) is 1.28. The predicted molar refractivity (Wildman–Crippen MR) is 146 cm³/mol. The smallest absolute Gasteiger partial charge is 0.229 e. The van der Waals surface area contributed by atoms with Crippen molar-refractivity contribution in [1.82, 2.24) is 9.88 Å². The second kappa shape index (κ2) is 12.7. The largest absolute Gasteiger partial charge is 0.379 e. The van der Waals surface area contributed by atoms with Crippen molar-refractivity contribution in [1.29, 1.82) is 0 Å². The number of anilines is 1.